The standard InChI is InChI=1S/C29H37N5O2S/c1-17(2)33-18(3)15-21(19(33)4)26-25(23-11-9-10-14-30-23)32-28(37)34(26)20-12-13-22(24(16-20)36-8)31-27(35)29(5,6)7/h9-17,25-26H,1-8H3,(H,31,35)(H,32,37)/t25-,26-/m0/s1. The van der Waals surface area contributed by atoms with Crippen molar-refractivity contribution in [2.75, 3.05) is 17.3 Å². The number of carbonyl (C=O) groups is 1. The number of benzene rings is 1. The molecule has 1 aliphatic heterocycles. The molecule has 0 aliphatic carbocycles. The van der Waals surface area contributed by atoms with E-state index in [1.807, 2.05) is 63.4 Å². The number of aromatic nitrogens is 2. The van der Waals surface area contributed by atoms with E-state index in [1.54, 1.807) is 7.11 Å². The highest BCUT2D eigenvalue weighted by molar-refractivity contribution is 7.80. The van der Waals surface area contributed by atoms with E-state index in [9.17, 15) is 4.79 Å². The second-order valence-electron chi connectivity index (χ2n) is 10.9. The summed E-state index contributed by atoms with van der Waals surface area (Å²) in [6.45, 7) is 14.4. The first-order chi connectivity index (χ1) is 17.4. The van der Waals surface area contributed by atoms with Crippen molar-refractivity contribution in [1.82, 2.24) is 14.9 Å². The van der Waals surface area contributed by atoms with Crippen LogP contribution in [0.1, 0.15) is 75.4 Å². The van der Waals surface area contributed by atoms with Crippen LogP contribution in [0.2, 0.25) is 0 Å². The molecular weight excluding hydrogens is 482 g/mol. The summed E-state index contributed by atoms with van der Waals surface area (Å²) in [5, 5.41) is 7.14. The third kappa shape index (κ3) is 5.07. The summed E-state index contributed by atoms with van der Waals surface area (Å²) >= 11 is 5.91. The summed E-state index contributed by atoms with van der Waals surface area (Å²) in [5.74, 6) is 0.497. The molecule has 1 aliphatic rings. The van der Waals surface area contributed by atoms with Crippen LogP contribution in [0.15, 0.2) is 48.7 Å². The van der Waals surface area contributed by atoms with Crippen LogP contribution >= 0.6 is 12.2 Å². The molecule has 0 radical (unpaired) electrons. The van der Waals surface area contributed by atoms with Gasteiger partial charge in [-0.1, -0.05) is 26.8 Å². The Morgan fingerprint density at radius 3 is 2.46 bits per heavy atom. The average Bonchev–Trinajstić information content (AvgIpc) is 3.34. The Labute approximate surface area is 225 Å². The fourth-order valence-corrected chi connectivity index (χ4v) is 5.43. The van der Waals surface area contributed by atoms with Gasteiger partial charge in [0.15, 0.2) is 5.11 Å². The highest BCUT2D eigenvalue weighted by atomic mass is 32.1. The minimum atomic E-state index is -0.524. The Balaban J connectivity index is 1.83. The van der Waals surface area contributed by atoms with Gasteiger partial charge in [0.2, 0.25) is 5.91 Å². The zero-order chi connectivity index (χ0) is 27.1. The van der Waals surface area contributed by atoms with E-state index in [4.69, 9.17) is 17.0 Å². The molecule has 3 heterocycles. The molecule has 2 aromatic heterocycles. The Morgan fingerprint density at radius 2 is 1.89 bits per heavy atom. The molecule has 7 nitrogen and oxygen atoms in total. The second kappa shape index (κ2) is 10.2. The minimum Gasteiger partial charge on any atom is -0.494 e. The van der Waals surface area contributed by atoms with E-state index in [0.717, 1.165) is 11.4 Å². The maximum Gasteiger partial charge on any atom is 0.229 e. The molecule has 37 heavy (non-hydrogen) atoms. The molecule has 4 rings (SSSR count). The maximum absolute atomic E-state index is 12.6. The van der Waals surface area contributed by atoms with Gasteiger partial charge >= 0.3 is 0 Å². The van der Waals surface area contributed by atoms with Crippen LogP contribution in [0, 0.1) is 19.3 Å². The van der Waals surface area contributed by atoms with Crippen molar-refractivity contribution in [3.8, 4) is 5.75 Å². The minimum absolute atomic E-state index is 0.0777. The van der Waals surface area contributed by atoms with Gasteiger partial charge in [0, 0.05) is 40.8 Å². The Bertz CT molecular complexity index is 1310. The summed E-state index contributed by atoms with van der Waals surface area (Å²) in [7, 11) is 1.61. The average molecular weight is 520 g/mol. The first-order valence-electron chi connectivity index (χ1n) is 12.6. The highest BCUT2D eigenvalue weighted by Gasteiger charge is 2.42. The number of carbonyl (C=O) groups excluding carboxylic acids is 1. The Kier molecular flexibility index (Phi) is 7.33. The second-order valence-corrected chi connectivity index (χ2v) is 11.3. The fourth-order valence-electron chi connectivity index (χ4n) is 5.09. The number of thiocarbonyl (C=S) groups is 1. The number of nitrogens with one attached hydrogen (secondary N) is 2. The molecule has 8 heteroatoms. The molecule has 0 spiro atoms. The lowest BCUT2D eigenvalue weighted by Gasteiger charge is -2.29. The zero-order valence-electron chi connectivity index (χ0n) is 22.9. The highest BCUT2D eigenvalue weighted by Crippen LogP contribution is 2.45. The zero-order valence-corrected chi connectivity index (χ0v) is 23.7. The summed E-state index contributed by atoms with van der Waals surface area (Å²) in [6.07, 6.45) is 1.81. The lowest BCUT2D eigenvalue weighted by atomic mass is 9.95. The fraction of sp³-hybridized carbons (Fsp3) is 0.414. The molecule has 0 saturated carbocycles. The number of rotatable bonds is 6. The van der Waals surface area contributed by atoms with Crippen LogP contribution in [0.4, 0.5) is 11.4 Å². The van der Waals surface area contributed by atoms with Gasteiger partial charge in [0.25, 0.3) is 0 Å². The van der Waals surface area contributed by atoms with E-state index in [1.165, 1.54) is 17.0 Å². The Hall–Kier alpha value is -3.39. The van der Waals surface area contributed by atoms with Crippen LogP contribution in [0.5, 0.6) is 5.75 Å². The number of anilines is 2. The number of methoxy groups -OCH3 is 1. The number of pyridine rings is 1. The maximum atomic E-state index is 12.6. The number of amides is 1. The van der Waals surface area contributed by atoms with E-state index in [-0.39, 0.29) is 18.0 Å². The summed E-state index contributed by atoms with van der Waals surface area (Å²) in [6, 6.07) is 14.1. The predicted octanol–water partition coefficient (Wildman–Crippen LogP) is 6.25. The quantitative estimate of drug-likeness (QED) is 0.375. The third-order valence-corrected chi connectivity index (χ3v) is 7.16. The number of ether oxygens (including phenoxy) is 1. The van der Waals surface area contributed by atoms with Crippen LogP contribution in [-0.2, 0) is 4.79 Å². The van der Waals surface area contributed by atoms with Gasteiger partial charge in [-0.2, -0.15) is 0 Å². The van der Waals surface area contributed by atoms with Crippen LogP contribution in [0.3, 0.4) is 0 Å². The largest absolute Gasteiger partial charge is 0.494 e. The van der Waals surface area contributed by atoms with Gasteiger partial charge in [-0.15, -0.1) is 0 Å². The lowest BCUT2D eigenvalue weighted by molar-refractivity contribution is -0.123. The van der Waals surface area contributed by atoms with Crippen LogP contribution in [-0.4, -0.2) is 27.7 Å². The molecule has 1 amide bonds. The molecule has 2 N–H and O–H groups in total. The topological polar surface area (TPSA) is 71.4 Å². The molecular formula is C29H37N5O2S. The van der Waals surface area contributed by atoms with Gasteiger partial charge in [-0.05, 0) is 75.8 Å². The van der Waals surface area contributed by atoms with E-state index in [2.05, 4.69) is 58.8 Å². The first-order valence-corrected chi connectivity index (χ1v) is 13.0. The van der Waals surface area contributed by atoms with Gasteiger partial charge in [0.1, 0.15) is 5.75 Å². The van der Waals surface area contributed by atoms with Crippen LogP contribution < -0.4 is 20.3 Å². The monoisotopic (exact) mass is 519 g/mol. The van der Waals surface area contributed by atoms with Crippen molar-refractivity contribution < 1.29 is 9.53 Å². The number of aryl methyl sites for hydroxylation is 1. The number of nitrogens with zero attached hydrogens (tertiary/aromatic N) is 3. The summed E-state index contributed by atoms with van der Waals surface area (Å²) in [4.78, 5) is 19.4. The van der Waals surface area contributed by atoms with Crippen molar-refractivity contribution in [3.05, 3.63) is 71.3 Å². The third-order valence-electron chi connectivity index (χ3n) is 6.85. The van der Waals surface area contributed by atoms with Crippen molar-refractivity contribution in [1.29, 1.82) is 0 Å². The molecule has 3 aromatic rings. The molecule has 196 valence electrons. The molecule has 0 unspecified atom stereocenters. The van der Waals surface area contributed by atoms with Gasteiger partial charge < -0.3 is 24.8 Å². The van der Waals surface area contributed by atoms with E-state index < -0.39 is 5.41 Å². The van der Waals surface area contributed by atoms with Crippen molar-refractivity contribution in [3.63, 3.8) is 0 Å². The summed E-state index contributed by atoms with van der Waals surface area (Å²) < 4.78 is 8.06. The lowest BCUT2D eigenvalue weighted by Crippen LogP contribution is -2.30. The van der Waals surface area contributed by atoms with E-state index >= 15 is 0 Å². The van der Waals surface area contributed by atoms with Gasteiger partial charge in [-0.25, -0.2) is 0 Å². The smallest absolute Gasteiger partial charge is 0.229 e. The normalized spacial score (nSPS) is 17.8. The first kappa shape index (κ1) is 26.7. The van der Waals surface area contributed by atoms with Crippen molar-refractivity contribution in [2.24, 2.45) is 5.41 Å². The molecule has 0 bridgehead atoms. The van der Waals surface area contributed by atoms with E-state index in [0.29, 0.717) is 22.6 Å². The molecule has 1 saturated heterocycles. The van der Waals surface area contributed by atoms with Crippen LogP contribution in [0.25, 0.3) is 0 Å². The van der Waals surface area contributed by atoms with Crippen molar-refractivity contribution >= 4 is 34.6 Å². The molecule has 1 aromatic carbocycles. The summed E-state index contributed by atoms with van der Waals surface area (Å²) in [5.41, 5.74) is 5.50. The predicted molar refractivity (Wildman–Crippen MR) is 153 cm³/mol. The van der Waals surface area contributed by atoms with Crippen molar-refractivity contribution in [2.45, 2.75) is 66.6 Å². The Morgan fingerprint density at radius 1 is 1.16 bits per heavy atom. The van der Waals surface area contributed by atoms with Gasteiger partial charge in [0.05, 0.1) is 30.6 Å². The molecule has 1 fully saturated rings. The number of hydrogen-bond acceptors (Lipinski definition) is 4. The van der Waals surface area contributed by atoms with Gasteiger partial charge in [-0.3, -0.25) is 9.78 Å². The number of hydrogen-bond donors (Lipinski definition) is 2. The molecule has 2 atom stereocenters. The SMILES string of the molecule is COc1cc(N2C(=S)N[C@@H](c3ccccn3)[C@@H]2c2cc(C)n(C(C)C)c2C)ccc1NC(=O)C(C)(C)C.